The van der Waals surface area contributed by atoms with E-state index in [1.807, 2.05) is 78.2 Å². The highest BCUT2D eigenvalue weighted by Gasteiger charge is 2.18. The lowest BCUT2D eigenvalue weighted by Gasteiger charge is -2.02. The molecule has 3 heterocycles. The molecule has 1 aliphatic rings. The molecule has 0 unspecified atom stereocenters. The van der Waals surface area contributed by atoms with Crippen molar-refractivity contribution < 1.29 is 9.47 Å². The molecule has 2 aromatic carbocycles. The molecule has 0 saturated carbocycles. The average Bonchev–Trinajstić information content (AvgIpc) is 3.31. The summed E-state index contributed by atoms with van der Waals surface area (Å²) < 4.78 is 12.8. The van der Waals surface area contributed by atoms with Crippen LogP contribution in [0.1, 0.15) is 5.56 Å². The van der Waals surface area contributed by atoms with Crippen LogP contribution in [0.3, 0.4) is 0 Å². The highest BCUT2D eigenvalue weighted by Crippen LogP contribution is 2.39. The zero-order valence-electron chi connectivity index (χ0n) is 14.7. The van der Waals surface area contributed by atoms with Gasteiger partial charge in [-0.15, -0.1) is 10.2 Å². The molecular formula is C21H16N4O2. The van der Waals surface area contributed by atoms with Crippen LogP contribution >= 0.6 is 0 Å². The van der Waals surface area contributed by atoms with Crippen molar-refractivity contribution in [1.82, 2.24) is 9.38 Å². The molecule has 0 N–H and O–H groups in total. The van der Waals surface area contributed by atoms with Gasteiger partial charge in [0, 0.05) is 11.8 Å². The number of fused-ring (bicyclic) bond motifs is 2. The lowest BCUT2D eigenvalue weighted by atomic mass is 10.1. The van der Waals surface area contributed by atoms with Gasteiger partial charge >= 0.3 is 0 Å². The Bertz CT molecular complexity index is 1160. The molecule has 0 radical (unpaired) electrons. The summed E-state index contributed by atoms with van der Waals surface area (Å²) >= 11 is 0. The molecule has 0 amide bonds. The normalized spacial score (nSPS) is 12.9. The Balaban J connectivity index is 1.64. The first-order valence-electron chi connectivity index (χ1n) is 8.63. The van der Waals surface area contributed by atoms with E-state index >= 15 is 0 Å². The zero-order chi connectivity index (χ0) is 18.2. The number of aryl methyl sites for hydroxylation is 1. The first-order chi connectivity index (χ1) is 13.3. The van der Waals surface area contributed by atoms with Crippen molar-refractivity contribution in [1.29, 1.82) is 0 Å². The van der Waals surface area contributed by atoms with Crippen LogP contribution in [-0.4, -0.2) is 16.2 Å². The molecule has 132 valence electrons. The SMILES string of the molecule is Cc1ccc(N=Nc2c(-c3ccc4c(c3)OCO4)nc3ccccn23)cc1. The summed E-state index contributed by atoms with van der Waals surface area (Å²) in [5.74, 6) is 2.13. The Labute approximate surface area is 155 Å². The van der Waals surface area contributed by atoms with Crippen LogP contribution in [0.25, 0.3) is 16.9 Å². The van der Waals surface area contributed by atoms with Crippen molar-refractivity contribution in [2.24, 2.45) is 10.2 Å². The molecular weight excluding hydrogens is 340 g/mol. The summed E-state index contributed by atoms with van der Waals surface area (Å²) in [6, 6.07) is 19.5. The number of imidazole rings is 1. The Morgan fingerprint density at radius 1 is 0.926 bits per heavy atom. The number of nitrogens with zero attached hydrogens (tertiary/aromatic N) is 4. The average molecular weight is 356 g/mol. The van der Waals surface area contributed by atoms with Gasteiger partial charge in [0.1, 0.15) is 11.3 Å². The summed E-state index contributed by atoms with van der Waals surface area (Å²) in [6.07, 6.45) is 1.93. The minimum absolute atomic E-state index is 0.240. The fourth-order valence-corrected chi connectivity index (χ4v) is 3.03. The molecule has 4 aromatic rings. The fourth-order valence-electron chi connectivity index (χ4n) is 3.03. The Morgan fingerprint density at radius 3 is 2.67 bits per heavy atom. The first kappa shape index (κ1) is 15.6. The quantitative estimate of drug-likeness (QED) is 0.458. The zero-order valence-corrected chi connectivity index (χ0v) is 14.7. The largest absolute Gasteiger partial charge is 0.454 e. The standard InChI is InChI=1S/C21H16N4O2/c1-14-5-8-16(9-6-14)23-24-21-20(22-19-4-2-3-11-25(19)21)15-7-10-17-18(12-15)27-13-26-17/h2-12H,13H2,1H3. The number of hydrogen-bond donors (Lipinski definition) is 0. The number of pyridine rings is 1. The molecule has 0 saturated heterocycles. The van der Waals surface area contributed by atoms with E-state index in [4.69, 9.17) is 14.5 Å². The van der Waals surface area contributed by atoms with E-state index in [9.17, 15) is 0 Å². The maximum atomic E-state index is 5.50. The third-order valence-electron chi connectivity index (χ3n) is 4.44. The van der Waals surface area contributed by atoms with E-state index in [0.29, 0.717) is 11.6 Å². The number of benzene rings is 2. The second kappa shape index (κ2) is 6.25. The number of hydrogen-bond acceptors (Lipinski definition) is 5. The van der Waals surface area contributed by atoms with Gasteiger partial charge in [-0.2, -0.15) is 0 Å². The summed E-state index contributed by atoms with van der Waals surface area (Å²) in [4.78, 5) is 4.75. The van der Waals surface area contributed by atoms with Gasteiger partial charge in [-0.3, -0.25) is 4.40 Å². The fraction of sp³-hybridized carbons (Fsp3) is 0.0952. The Morgan fingerprint density at radius 2 is 1.78 bits per heavy atom. The van der Waals surface area contributed by atoms with Gasteiger partial charge in [0.25, 0.3) is 0 Å². The van der Waals surface area contributed by atoms with Gasteiger partial charge in [0.15, 0.2) is 17.3 Å². The second-order valence-electron chi connectivity index (χ2n) is 6.32. The smallest absolute Gasteiger partial charge is 0.231 e. The van der Waals surface area contributed by atoms with Gasteiger partial charge in [-0.1, -0.05) is 23.8 Å². The van der Waals surface area contributed by atoms with Gasteiger partial charge < -0.3 is 9.47 Å². The predicted octanol–water partition coefficient (Wildman–Crippen LogP) is 5.45. The minimum atomic E-state index is 0.240. The summed E-state index contributed by atoms with van der Waals surface area (Å²) in [7, 11) is 0. The maximum absolute atomic E-state index is 5.50. The van der Waals surface area contributed by atoms with Crippen LogP contribution in [0, 0.1) is 6.92 Å². The lowest BCUT2D eigenvalue weighted by molar-refractivity contribution is 0.174. The number of rotatable bonds is 3. The molecule has 0 atom stereocenters. The van der Waals surface area contributed by atoms with Gasteiger partial charge in [0.2, 0.25) is 6.79 Å². The molecule has 0 fully saturated rings. The van der Waals surface area contributed by atoms with Crippen molar-refractivity contribution in [3.63, 3.8) is 0 Å². The monoisotopic (exact) mass is 356 g/mol. The second-order valence-corrected chi connectivity index (χ2v) is 6.32. The third kappa shape index (κ3) is 2.81. The molecule has 0 spiro atoms. The third-order valence-corrected chi connectivity index (χ3v) is 4.44. The Hall–Kier alpha value is -3.67. The number of ether oxygens (including phenoxy) is 2. The van der Waals surface area contributed by atoms with Crippen LogP contribution in [0.15, 0.2) is 77.1 Å². The van der Waals surface area contributed by atoms with E-state index in [1.165, 1.54) is 5.56 Å². The molecule has 2 aromatic heterocycles. The molecule has 0 bridgehead atoms. The highest BCUT2D eigenvalue weighted by molar-refractivity contribution is 5.76. The highest BCUT2D eigenvalue weighted by atomic mass is 16.7. The molecule has 6 heteroatoms. The summed E-state index contributed by atoms with van der Waals surface area (Å²) in [5, 5.41) is 8.92. The molecule has 0 aliphatic carbocycles. The lowest BCUT2D eigenvalue weighted by Crippen LogP contribution is -1.92. The van der Waals surface area contributed by atoms with E-state index in [2.05, 4.69) is 10.2 Å². The first-order valence-corrected chi connectivity index (χ1v) is 8.63. The summed E-state index contributed by atoms with van der Waals surface area (Å²) in [6.45, 7) is 2.28. The van der Waals surface area contributed by atoms with Gasteiger partial charge in [-0.05, 0) is 49.4 Å². The Kier molecular flexibility index (Phi) is 3.60. The van der Waals surface area contributed by atoms with Crippen molar-refractivity contribution in [3.8, 4) is 22.8 Å². The van der Waals surface area contributed by atoms with E-state index in [0.717, 1.165) is 28.3 Å². The van der Waals surface area contributed by atoms with Gasteiger partial charge in [0.05, 0.1) is 5.69 Å². The molecule has 1 aliphatic heterocycles. The van der Waals surface area contributed by atoms with E-state index in [1.54, 1.807) is 0 Å². The van der Waals surface area contributed by atoms with Crippen LogP contribution in [-0.2, 0) is 0 Å². The summed E-state index contributed by atoms with van der Waals surface area (Å²) in [5.41, 5.74) is 4.44. The van der Waals surface area contributed by atoms with Crippen LogP contribution in [0.2, 0.25) is 0 Å². The number of aromatic nitrogens is 2. The van der Waals surface area contributed by atoms with Crippen molar-refractivity contribution in [2.45, 2.75) is 6.92 Å². The predicted molar refractivity (Wildman–Crippen MR) is 102 cm³/mol. The van der Waals surface area contributed by atoms with Crippen molar-refractivity contribution in [2.75, 3.05) is 6.79 Å². The van der Waals surface area contributed by atoms with Crippen LogP contribution in [0.5, 0.6) is 11.5 Å². The molecule has 6 nitrogen and oxygen atoms in total. The van der Waals surface area contributed by atoms with E-state index < -0.39 is 0 Å². The molecule has 27 heavy (non-hydrogen) atoms. The van der Waals surface area contributed by atoms with Crippen molar-refractivity contribution in [3.05, 3.63) is 72.4 Å². The van der Waals surface area contributed by atoms with Crippen molar-refractivity contribution >= 4 is 17.2 Å². The maximum Gasteiger partial charge on any atom is 0.231 e. The van der Waals surface area contributed by atoms with Crippen LogP contribution in [0.4, 0.5) is 11.5 Å². The van der Waals surface area contributed by atoms with Crippen LogP contribution < -0.4 is 9.47 Å². The topological polar surface area (TPSA) is 60.5 Å². The number of azo groups is 1. The van der Waals surface area contributed by atoms with E-state index in [-0.39, 0.29) is 6.79 Å². The van der Waals surface area contributed by atoms with Gasteiger partial charge in [-0.25, -0.2) is 4.98 Å². The molecule has 5 rings (SSSR count). The minimum Gasteiger partial charge on any atom is -0.454 e.